The molecule has 0 bridgehead atoms. The summed E-state index contributed by atoms with van der Waals surface area (Å²) in [5.74, 6) is -2.25. The van der Waals surface area contributed by atoms with Crippen molar-refractivity contribution in [3.05, 3.63) is 16.3 Å². The predicted octanol–water partition coefficient (Wildman–Crippen LogP) is -1.94. The fourth-order valence-electron chi connectivity index (χ4n) is 3.08. The highest BCUT2D eigenvalue weighted by Gasteiger charge is 2.50. The lowest BCUT2D eigenvalue weighted by Gasteiger charge is -2.30. The summed E-state index contributed by atoms with van der Waals surface area (Å²) in [6.07, 6.45) is -3.51. The molecular weight excluding hydrogens is 413 g/mol. The fourth-order valence-corrected chi connectivity index (χ4v) is 3.08. The van der Waals surface area contributed by atoms with Crippen LogP contribution in [-0.4, -0.2) is 92.0 Å². The van der Waals surface area contributed by atoms with Gasteiger partial charge in [0.1, 0.15) is 0 Å². The van der Waals surface area contributed by atoms with Gasteiger partial charge in [0.2, 0.25) is 5.82 Å². The number of amides is 4. The Labute approximate surface area is 166 Å². The lowest BCUT2D eigenvalue weighted by Crippen LogP contribution is -2.62. The first-order valence-electron chi connectivity index (χ1n) is 8.63. The Morgan fingerprint density at radius 2 is 1.87 bits per heavy atom. The van der Waals surface area contributed by atoms with Crippen molar-refractivity contribution >= 4 is 30.0 Å². The molecule has 1 unspecified atom stereocenters. The van der Waals surface area contributed by atoms with E-state index in [1.165, 1.54) is 29.9 Å². The number of likely N-dealkylation sites (N-methyl/N-ethyl adjacent to an activating group) is 2. The standard InChI is InChI=1S/C15H17F3N8O4/c1-22-10-9(11(28)23(2)13(22)29)25(7-20-10)6-8(27)19-4-5-26-14(30)24(3)12(21-26)15(16,17)18/h7,9H,4-6H2,1-3H3/p+1. The minimum absolute atomic E-state index is 0.161. The molecule has 1 N–H and O–H groups in total. The van der Waals surface area contributed by atoms with Crippen LogP contribution in [-0.2, 0) is 29.4 Å². The molecule has 15 heteroatoms. The summed E-state index contributed by atoms with van der Waals surface area (Å²) in [4.78, 5) is 54.4. The highest BCUT2D eigenvalue weighted by molar-refractivity contribution is 6.21. The van der Waals surface area contributed by atoms with Crippen LogP contribution < -0.4 is 11.0 Å². The molecule has 3 heterocycles. The summed E-state index contributed by atoms with van der Waals surface area (Å²) in [7, 11) is 3.72. The molecule has 4 amide bonds. The fraction of sp³-hybridized carbons (Fsp3) is 0.533. The SMILES string of the molecule is CN1C(=O)C2C(=NC=[N+]2CC(=O)NCCn2nc(C(F)(F)F)n(C)c2=O)N(C)C1=O. The minimum Gasteiger partial charge on any atom is -0.351 e. The first-order chi connectivity index (χ1) is 13.9. The Morgan fingerprint density at radius 1 is 1.20 bits per heavy atom. The second kappa shape index (κ2) is 7.38. The number of nitrogens with one attached hydrogen (secondary N) is 1. The van der Waals surface area contributed by atoms with Crippen LogP contribution in [0.15, 0.2) is 9.79 Å². The third kappa shape index (κ3) is 3.57. The Kier molecular flexibility index (Phi) is 5.22. The molecule has 0 aromatic carbocycles. The number of aromatic nitrogens is 3. The molecule has 1 saturated heterocycles. The molecule has 1 atom stereocenters. The topological polar surface area (TPSA) is 125 Å². The lowest BCUT2D eigenvalue weighted by molar-refractivity contribution is -0.519. The Hall–Kier alpha value is -3.52. The van der Waals surface area contributed by atoms with Gasteiger partial charge in [-0.05, 0) is 4.99 Å². The molecule has 12 nitrogen and oxygen atoms in total. The molecule has 0 saturated carbocycles. The number of carbonyl (C=O) groups excluding carboxylic acids is 3. The van der Waals surface area contributed by atoms with Crippen molar-refractivity contribution in [3.8, 4) is 0 Å². The van der Waals surface area contributed by atoms with Crippen molar-refractivity contribution in [1.29, 1.82) is 0 Å². The molecule has 3 rings (SSSR count). The van der Waals surface area contributed by atoms with Gasteiger partial charge < -0.3 is 5.32 Å². The van der Waals surface area contributed by atoms with E-state index in [1.807, 2.05) is 0 Å². The molecule has 2 aliphatic rings. The average Bonchev–Trinajstić information content (AvgIpc) is 3.20. The van der Waals surface area contributed by atoms with Crippen LogP contribution in [0.25, 0.3) is 0 Å². The van der Waals surface area contributed by atoms with E-state index >= 15 is 0 Å². The van der Waals surface area contributed by atoms with Crippen LogP contribution in [0, 0.1) is 0 Å². The van der Waals surface area contributed by atoms with Gasteiger partial charge in [0.05, 0.1) is 6.54 Å². The normalized spacial score (nSPS) is 19.1. The minimum atomic E-state index is -4.78. The first kappa shape index (κ1) is 21.2. The second-order valence-electron chi connectivity index (χ2n) is 6.65. The maximum Gasteiger partial charge on any atom is 0.451 e. The molecule has 1 aromatic rings. The molecule has 0 aliphatic carbocycles. The van der Waals surface area contributed by atoms with Crippen molar-refractivity contribution < 1.29 is 32.1 Å². The zero-order valence-electron chi connectivity index (χ0n) is 16.2. The van der Waals surface area contributed by atoms with Crippen LogP contribution in [0.1, 0.15) is 5.82 Å². The number of fused-ring (bicyclic) bond motifs is 1. The number of hydrogen-bond donors (Lipinski definition) is 1. The second-order valence-corrected chi connectivity index (χ2v) is 6.65. The zero-order chi connectivity index (χ0) is 22.4. The molecule has 162 valence electrons. The van der Waals surface area contributed by atoms with Gasteiger partial charge in [0.15, 0.2) is 6.54 Å². The molecule has 2 aliphatic heterocycles. The van der Waals surface area contributed by atoms with Crippen LogP contribution in [0.2, 0.25) is 0 Å². The third-order valence-electron chi connectivity index (χ3n) is 4.66. The van der Waals surface area contributed by atoms with E-state index in [-0.39, 0.29) is 25.5 Å². The maximum absolute atomic E-state index is 12.8. The van der Waals surface area contributed by atoms with Gasteiger partial charge in [-0.25, -0.2) is 18.8 Å². The Balaban J connectivity index is 1.59. The van der Waals surface area contributed by atoms with Gasteiger partial charge in [-0.3, -0.25) is 24.0 Å². The lowest BCUT2D eigenvalue weighted by atomic mass is 10.1. The van der Waals surface area contributed by atoms with Crippen molar-refractivity contribution in [2.24, 2.45) is 12.0 Å². The van der Waals surface area contributed by atoms with Gasteiger partial charge in [-0.1, -0.05) is 0 Å². The van der Waals surface area contributed by atoms with E-state index in [0.29, 0.717) is 9.25 Å². The van der Waals surface area contributed by atoms with Gasteiger partial charge >= 0.3 is 17.9 Å². The summed E-state index contributed by atoms with van der Waals surface area (Å²) in [5, 5.41) is 5.68. The number of halogens is 3. The van der Waals surface area contributed by atoms with Crippen molar-refractivity contribution in [2.75, 3.05) is 27.2 Å². The van der Waals surface area contributed by atoms with Crippen molar-refractivity contribution in [1.82, 2.24) is 29.5 Å². The highest BCUT2D eigenvalue weighted by Crippen LogP contribution is 2.25. The van der Waals surface area contributed by atoms with Gasteiger partial charge in [-0.15, -0.1) is 5.10 Å². The van der Waals surface area contributed by atoms with Gasteiger partial charge in [0, 0.05) is 27.7 Å². The van der Waals surface area contributed by atoms with E-state index < -0.39 is 41.6 Å². The molecular formula is C15H18F3N8O4+. The van der Waals surface area contributed by atoms with E-state index in [1.54, 1.807) is 0 Å². The molecule has 0 spiro atoms. The van der Waals surface area contributed by atoms with Gasteiger partial charge in [-0.2, -0.15) is 13.2 Å². The number of aliphatic imine (C=N–C) groups is 1. The van der Waals surface area contributed by atoms with E-state index in [2.05, 4.69) is 15.4 Å². The van der Waals surface area contributed by atoms with E-state index in [9.17, 15) is 32.3 Å². The molecule has 1 fully saturated rings. The molecule has 30 heavy (non-hydrogen) atoms. The summed E-state index contributed by atoms with van der Waals surface area (Å²) in [5.41, 5.74) is -0.967. The van der Waals surface area contributed by atoms with Crippen molar-refractivity contribution in [3.63, 3.8) is 0 Å². The van der Waals surface area contributed by atoms with Crippen LogP contribution in [0.4, 0.5) is 18.0 Å². The number of urea groups is 1. The third-order valence-corrected chi connectivity index (χ3v) is 4.66. The molecule has 0 radical (unpaired) electrons. The number of imide groups is 1. The number of nitrogens with zero attached hydrogens (tertiary/aromatic N) is 7. The number of amidine groups is 1. The molecule has 1 aromatic heterocycles. The van der Waals surface area contributed by atoms with Gasteiger partial charge in [0.25, 0.3) is 30.0 Å². The van der Waals surface area contributed by atoms with Crippen LogP contribution in [0.3, 0.4) is 0 Å². The number of alkyl halides is 3. The number of rotatable bonds is 5. The highest BCUT2D eigenvalue weighted by atomic mass is 19.4. The summed E-state index contributed by atoms with van der Waals surface area (Å²) < 4.78 is 40.7. The Bertz CT molecular complexity index is 1040. The Morgan fingerprint density at radius 3 is 2.47 bits per heavy atom. The van der Waals surface area contributed by atoms with Crippen molar-refractivity contribution in [2.45, 2.75) is 18.8 Å². The van der Waals surface area contributed by atoms with Crippen LogP contribution in [0.5, 0.6) is 0 Å². The largest absolute Gasteiger partial charge is 0.451 e. The van der Waals surface area contributed by atoms with E-state index in [0.717, 1.165) is 11.9 Å². The smallest absolute Gasteiger partial charge is 0.351 e. The van der Waals surface area contributed by atoms with E-state index in [4.69, 9.17) is 0 Å². The first-order valence-corrected chi connectivity index (χ1v) is 8.63. The quantitative estimate of drug-likeness (QED) is 0.544. The number of hydrogen-bond acceptors (Lipinski definition) is 6. The number of carbonyl (C=O) groups is 3. The maximum atomic E-state index is 12.8. The zero-order valence-corrected chi connectivity index (χ0v) is 16.2. The average molecular weight is 431 g/mol. The monoisotopic (exact) mass is 431 g/mol. The summed E-state index contributed by atoms with van der Waals surface area (Å²) >= 11 is 0. The summed E-state index contributed by atoms with van der Waals surface area (Å²) in [6.45, 7) is -0.724. The predicted molar refractivity (Wildman–Crippen MR) is 93.8 cm³/mol. The van der Waals surface area contributed by atoms with Crippen LogP contribution >= 0.6 is 0 Å². The summed E-state index contributed by atoms with van der Waals surface area (Å²) in [6, 6.07) is -1.48.